The highest BCUT2D eigenvalue weighted by atomic mass is 16.7. The predicted molar refractivity (Wildman–Crippen MR) is 149 cm³/mol. The number of fused-ring (bicyclic) bond motifs is 5. The molecular weight excluding hydrogens is 444 g/mol. The van der Waals surface area contributed by atoms with E-state index in [1.807, 2.05) is 0 Å². The molecule has 0 radical (unpaired) electrons. The van der Waals surface area contributed by atoms with Crippen LogP contribution in [0.3, 0.4) is 0 Å². The molecule has 3 fully saturated rings. The lowest BCUT2D eigenvalue weighted by atomic mass is 9.47. The number of rotatable bonds is 9. The number of hydrogen-bond acceptors (Lipinski definition) is 3. The summed E-state index contributed by atoms with van der Waals surface area (Å²) >= 11 is 0. The van der Waals surface area contributed by atoms with Crippen LogP contribution >= 0.6 is 0 Å². The summed E-state index contributed by atoms with van der Waals surface area (Å²) in [5, 5.41) is 0. The van der Waals surface area contributed by atoms with E-state index in [-0.39, 0.29) is 6.10 Å². The van der Waals surface area contributed by atoms with Gasteiger partial charge in [-0.2, -0.15) is 0 Å². The SMILES string of the molecule is CC(C)CCC[C@H](C)[C@@H]1CC[C@H]2[C@H]3CC=C4C[C@@H](OC(=O)OCCC(C)C)CC[C@]4(C)[C@@H]3CC[C@@]21C. The molecule has 3 nitrogen and oxygen atoms in total. The van der Waals surface area contributed by atoms with Crippen LogP contribution in [0.4, 0.5) is 4.79 Å². The first-order valence-corrected chi connectivity index (χ1v) is 15.6. The Hall–Kier alpha value is -0.990. The normalized spacial score (nSPS) is 38.7. The average Bonchev–Trinajstić information content (AvgIpc) is 3.16. The van der Waals surface area contributed by atoms with Gasteiger partial charge < -0.3 is 9.47 Å². The first-order chi connectivity index (χ1) is 17.0. The van der Waals surface area contributed by atoms with Gasteiger partial charge in [-0.25, -0.2) is 4.79 Å². The molecule has 0 saturated heterocycles. The fraction of sp³-hybridized carbons (Fsp3) is 0.909. The molecule has 0 aromatic rings. The van der Waals surface area contributed by atoms with E-state index in [2.05, 4.69) is 54.5 Å². The molecule has 4 aliphatic carbocycles. The molecule has 3 saturated carbocycles. The van der Waals surface area contributed by atoms with Gasteiger partial charge in [-0.15, -0.1) is 0 Å². The van der Waals surface area contributed by atoms with E-state index in [9.17, 15) is 4.79 Å². The van der Waals surface area contributed by atoms with Crippen molar-refractivity contribution in [2.24, 2.45) is 52.3 Å². The Morgan fingerprint density at radius 3 is 2.42 bits per heavy atom. The smallest absolute Gasteiger partial charge is 0.434 e. The Morgan fingerprint density at radius 1 is 0.944 bits per heavy atom. The van der Waals surface area contributed by atoms with E-state index in [0.717, 1.165) is 61.2 Å². The summed E-state index contributed by atoms with van der Waals surface area (Å²) in [6.45, 7) is 17.3. The van der Waals surface area contributed by atoms with Crippen LogP contribution in [0.2, 0.25) is 0 Å². The molecule has 4 rings (SSSR count). The number of ether oxygens (including phenoxy) is 2. The standard InChI is InChI=1S/C33H56O3/c1-22(2)9-8-10-24(5)28-13-14-29-27-12-11-25-21-26(36-31(34)35-20-17-23(3)4)15-18-32(25,6)30(27)16-19-33(28,29)7/h11,22-24,26-30H,8-10,12-21H2,1-7H3/t24-,26-,27+,28-,29-,30+,32-,33+/m0/s1. The summed E-state index contributed by atoms with van der Waals surface area (Å²) in [4.78, 5) is 12.2. The molecule has 0 amide bonds. The molecule has 8 atom stereocenters. The molecule has 36 heavy (non-hydrogen) atoms. The molecule has 0 heterocycles. The van der Waals surface area contributed by atoms with Crippen molar-refractivity contribution in [3.8, 4) is 0 Å². The first kappa shape index (κ1) is 28.0. The molecule has 0 N–H and O–H groups in total. The van der Waals surface area contributed by atoms with Crippen LogP contribution in [-0.4, -0.2) is 18.9 Å². The molecule has 4 aliphatic rings. The zero-order valence-electron chi connectivity index (χ0n) is 24.6. The molecule has 0 aliphatic heterocycles. The molecule has 3 heteroatoms. The van der Waals surface area contributed by atoms with Crippen molar-refractivity contribution >= 4 is 6.16 Å². The number of carbonyl (C=O) groups is 1. The van der Waals surface area contributed by atoms with Crippen LogP contribution in [0.1, 0.15) is 126 Å². The predicted octanol–water partition coefficient (Wildman–Crippen LogP) is 9.60. The van der Waals surface area contributed by atoms with Crippen LogP contribution in [0, 0.1) is 52.3 Å². The number of carbonyl (C=O) groups excluding carboxylic acids is 1. The van der Waals surface area contributed by atoms with Crippen LogP contribution in [0.15, 0.2) is 11.6 Å². The summed E-state index contributed by atoms with van der Waals surface area (Å²) in [6, 6.07) is 0. The van der Waals surface area contributed by atoms with Gasteiger partial charge in [0.05, 0.1) is 6.61 Å². The molecular formula is C33H56O3. The summed E-state index contributed by atoms with van der Waals surface area (Å²) in [5.74, 6) is 5.71. The van der Waals surface area contributed by atoms with Crippen molar-refractivity contribution < 1.29 is 14.3 Å². The Morgan fingerprint density at radius 2 is 1.69 bits per heavy atom. The van der Waals surface area contributed by atoms with E-state index in [1.54, 1.807) is 5.57 Å². The minimum atomic E-state index is -0.466. The Balaban J connectivity index is 1.37. The highest BCUT2D eigenvalue weighted by Crippen LogP contribution is 2.67. The maximum Gasteiger partial charge on any atom is 0.508 e. The lowest BCUT2D eigenvalue weighted by molar-refractivity contribution is -0.0618. The third-order valence-corrected chi connectivity index (χ3v) is 11.4. The quantitative estimate of drug-likeness (QED) is 0.233. The zero-order valence-corrected chi connectivity index (χ0v) is 24.6. The van der Waals surface area contributed by atoms with Gasteiger partial charge in [0.1, 0.15) is 6.10 Å². The minimum Gasteiger partial charge on any atom is -0.434 e. The van der Waals surface area contributed by atoms with Gasteiger partial charge in [0.15, 0.2) is 0 Å². The van der Waals surface area contributed by atoms with Crippen molar-refractivity contribution in [3.63, 3.8) is 0 Å². The second-order valence-electron chi connectivity index (χ2n) is 14.6. The molecule has 206 valence electrons. The molecule has 0 spiro atoms. The maximum absolute atomic E-state index is 12.2. The van der Waals surface area contributed by atoms with Crippen molar-refractivity contribution in [2.45, 2.75) is 132 Å². The average molecular weight is 501 g/mol. The van der Waals surface area contributed by atoms with Gasteiger partial charge in [0, 0.05) is 6.42 Å². The molecule has 0 aromatic heterocycles. The van der Waals surface area contributed by atoms with Crippen LogP contribution in [0.25, 0.3) is 0 Å². The zero-order chi connectivity index (χ0) is 26.1. The summed E-state index contributed by atoms with van der Waals surface area (Å²) in [6.07, 6.45) is 17.2. The minimum absolute atomic E-state index is 0.0103. The first-order valence-electron chi connectivity index (χ1n) is 15.6. The third kappa shape index (κ3) is 5.70. The van der Waals surface area contributed by atoms with E-state index >= 15 is 0 Å². The summed E-state index contributed by atoms with van der Waals surface area (Å²) in [5.41, 5.74) is 2.42. The van der Waals surface area contributed by atoms with E-state index in [1.165, 1.54) is 51.4 Å². The highest BCUT2D eigenvalue weighted by Gasteiger charge is 2.59. The lowest BCUT2D eigenvalue weighted by Crippen LogP contribution is -2.51. The highest BCUT2D eigenvalue weighted by molar-refractivity contribution is 5.60. The van der Waals surface area contributed by atoms with Gasteiger partial charge >= 0.3 is 6.16 Å². The molecule has 0 unspecified atom stereocenters. The summed E-state index contributed by atoms with van der Waals surface area (Å²) in [7, 11) is 0. The topological polar surface area (TPSA) is 35.5 Å². The van der Waals surface area contributed by atoms with Crippen molar-refractivity contribution in [3.05, 3.63) is 11.6 Å². The summed E-state index contributed by atoms with van der Waals surface area (Å²) < 4.78 is 11.1. The van der Waals surface area contributed by atoms with E-state index < -0.39 is 6.16 Å². The van der Waals surface area contributed by atoms with Gasteiger partial charge in [0.2, 0.25) is 0 Å². The largest absolute Gasteiger partial charge is 0.508 e. The molecule has 0 bridgehead atoms. The Kier molecular flexibility index (Phi) is 8.88. The van der Waals surface area contributed by atoms with Crippen LogP contribution in [-0.2, 0) is 9.47 Å². The van der Waals surface area contributed by atoms with Gasteiger partial charge in [-0.1, -0.05) is 79.4 Å². The van der Waals surface area contributed by atoms with Gasteiger partial charge in [-0.3, -0.25) is 0 Å². The third-order valence-electron chi connectivity index (χ3n) is 11.4. The fourth-order valence-electron chi connectivity index (χ4n) is 9.30. The van der Waals surface area contributed by atoms with E-state index in [0.29, 0.717) is 23.4 Å². The Bertz CT molecular complexity index is 784. The van der Waals surface area contributed by atoms with Crippen molar-refractivity contribution in [2.75, 3.05) is 6.61 Å². The maximum atomic E-state index is 12.2. The fourth-order valence-corrected chi connectivity index (χ4v) is 9.30. The van der Waals surface area contributed by atoms with E-state index in [4.69, 9.17) is 9.47 Å². The molecule has 0 aromatic carbocycles. The Labute approximate surface area is 222 Å². The number of allylic oxidation sites excluding steroid dienone is 1. The number of hydrogen-bond donors (Lipinski definition) is 0. The van der Waals surface area contributed by atoms with Gasteiger partial charge in [-0.05, 0) is 104 Å². The lowest BCUT2D eigenvalue weighted by Gasteiger charge is -2.58. The van der Waals surface area contributed by atoms with Crippen molar-refractivity contribution in [1.29, 1.82) is 0 Å². The second kappa shape index (κ2) is 11.4. The second-order valence-corrected chi connectivity index (χ2v) is 14.6. The van der Waals surface area contributed by atoms with Gasteiger partial charge in [0.25, 0.3) is 0 Å². The van der Waals surface area contributed by atoms with Crippen molar-refractivity contribution in [1.82, 2.24) is 0 Å². The van der Waals surface area contributed by atoms with Crippen LogP contribution < -0.4 is 0 Å². The monoisotopic (exact) mass is 500 g/mol. The van der Waals surface area contributed by atoms with Crippen LogP contribution in [0.5, 0.6) is 0 Å².